The minimum atomic E-state index is -4.42. The van der Waals surface area contributed by atoms with E-state index in [0.717, 1.165) is 25.5 Å². The number of ether oxygens (including phenoxy) is 1. The van der Waals surface area contributed by atoms with Crippen LogP contribution < -0.4 is 10.1 Å². The van der Waals surface area contributed by atoms with E-state index < -0.39 is 18.6 Å². The monoisotopic (exact) mass is 277 g/mol. The normalized spacial score (nSPS) is 20.3. The second-order valence-electron chi connectivity index (χ2n) is 4.67. The van der Waals surface area contributed by atoms with Gasteiger partial charge in [-0.15, -0.1) is 0 Å². The Hall–Kier alpha value is -1.30. The van der Waals surface area contributed by atoms with Crippen molar-refractivity contribution in [2.45, 2.75) is 24.9 Å². The van der Waals surface area contributed by atoms with Crippen molar-refractivity contribution in [3.8, 4) is 5.75 Å². The van der Waals surface area contributed by atoms with Crippen LogP contribution in [-0.4, -0.2) is 25.9 Å². The molecule has 1 fully saturated rings. The highest BCUT2D eigenvalue weighted by molar-refractivity contribution is 5.32. The number of hydrogen-bond acceptors (Lipinski definition) is 2. The number of halogens is 4. The Bertz CT molecular complexity index is 427. The molecule has 6 heteroatoms. The molecule has 1 aromatic carbocycles. The molecule has 1 unspecified atom stereocenters. The van der Waals surface area contributed by atoms with Crippen LogP contribution in [0.1, 0.15) is 24.3 Å². The highest BCUT2D eigenvalue weighted by Crippen LogP contribution is 2.28. The quantitative estimate of drug-likeness (QED) is 0.856. The van der Waals surface area contributed by atoms with Gasteiger partial charge in [-0.3, -0.25) is 0 Å². The van der Waals surface area contributed by atoms with Gasteiger partial charge >= 0.3 is 6.18 Å². The molecular weight excluding hydrogens is 262 g/mol. The summed E-state index contributed by atoms with van der Waals surface area (Å²) in [6.45, 7) is 0.226. The fourth-order valence-electron chi connectivity index (χ4n) is 2.20. The van der Waals surface area contributed by atoms with E-state index in [0.29, 0.717) is 12.1 Å². The summed E-state index contributed by atoms with van der Waals surface area (Å²) in [6, 6.07) is 3.83. The highest BCUT2D eigenvalue weighted by Gasteiger charge is 2.28. The number of nitrogens with one attached hydrogen (secondary N) is 1. The lowest BCUT2D eigenvalue weighted by Gasteiger charge is -2.23. The minimum absolute atomic E-state index is 0.0714. The molecular formula is C13H15F4NO. The van der Waals surface area contributed by atoms with Gasteiger partial charge < -0.3 is 10.1 Å². The van der Waals surface area contributed by atoms with Gasteiger partial charge in [-0.05, 0) is 43.0 Å². The molecule has 106 valence electrons. The summed E-state index contributed by atoms with van der Waals surface area (Å²) in [5.41, 5.74) is 0.685. The first kappa shape index (κ1) is 14.1. The molecule has 0 saturated carbocycles. The van der Waals surface area contributed by atoms with E-state index in [9.17, 15) is 17.6 Å². The van der Waals surface area contributed by atoms with Crippen LogP contribution in [0, 0.1) is 5.82 Å². The predicted molar refractivity (Wildman–Crippen MR) is 62.8 cm³/mol. The van der Waals surface area contributed by atoms with E-state index in [1.165, 1.54) is 12.1 Å². The minimum Gasteiger partial charge on any atom is -0.484 e. The Kier molecular flexibility index (Phi) is 4.29. The number of piperidine rings is 1. The summed E-state index contributed by atoms with van der Waals surface area (Å²) in [6.07, 6.45) is -2.55. The molecule has 0 spiro atoms. The lowest BCUT2D eigenvalue weighted by atomic mass is 9.91. The van der Waals surface area contributed by atoms with E-state index >= 15 is 0 Å². The number of hydrogen-bond donors (Lipinski definition) is 1. The first-order valence-corrected chi connectivity index (χ1v) is 6.15. The van der Waals surface area contributed by atoms with Crippen LogP contribution >= 0.6 is 0 Å². The van der Waals surface area contributed by atoms with Crippen molar-refractivity contribution >= 4 is 0 Å². The van der Waals surface area contributed by atoms with Crippen LogP contribution in [0.3, 0.4) is 0 Å². The fraction of sp³-hybridized carbons (Fsp3) is 0.538. The van der Waals surface area contributed by atoms with Crippen molar-refractivity contribution in [2.75, 3.05) is 19.7 Å². The first-order chi connectivity index (χ1) is 8.94. The lowest BCUT2D eigenvalue weighted by molar-refractivity contribution is -0.153. The smallest absolute Gasteiger partial charge is 0.422 e. The third-order valence-electron chi connectivity index (χ3n) is 3.06. The molecule has 2 nitrogen and oxygen atoms in total. The van der Waals surface area contributed by atoms with Crippen LogP contribution in [0.2, 0.25) is 0 Å². The summed E-state index contributed by atoms with van der Waals surface area (Å²) in [5.74, 6) is -0.518. The van der Waals surface area contributed by atoms with Crippen molar-refractivity contribution in [1.82, 2.24) is 5.32 Å². The van der Waals surface area contributed by atoms with E-state index in [-0.39, 0.29) is 11.7 Å². The maximum Gasteiger partial charge on any atom is 0.422 e. The van der Waals surface area contributed by atoms with Gasteiger partial charge in [0.05, 0.1) is 0 Å². The molecule has 0 bridgehead atoms. The lowest BCUT2D eigenvalue weighted by Crippen LogP contribution is -2.28. The van der Waals surface area contributed by atoms with E-state index in [2.05, 4.69) is 10.1 Å². The summed E-state index contributed by atoms with van der Waals surface area (Å²) in [5, 5.41) is 3.19. The largest absolute Gasteiger partial charge is 0.484 e. The zero-order chi connectivity index (χ0) is 13.9. The van der Waals surface area contributed by atoms with Gasteiger partial charge in [-0.25, -0.2) is 4.39 Å². The zero-order valence-corrected chi connectivity index (χ0v) is 10.3. The van der Waals surface area contributed by atoms with Crippen molar-refractivity contribution in [1.29, 1.82) is 0 Å². The summed E-state index contributed by atoms with van der Waals surface area (Å²) >= 11 is 0. The molecule has 1 N–H and O–H groups in total. The molecule has 1 aliphatic heterocycles. The number of alkyl halides is 3. The van der Waals surface area contributed by atoms with Crippen LogP contribution in [0.25, 0.3) is 0 Å². The van der Waals surface area contributed by atoms with Crippen LogP contribution in [0.4, 0.5) is 17.6 Å². The number of rotatable bonds is 3. The molecule has 1 aliphatic rings. The average Bonchev–Trinajstić information content (AvgIpc) is 2.36. The van der Waals surface area contributed by atoms with Crippen molar-refractivity contribution in [3.05, 3.63) is 29.6 Å². The predicted octanol–water partition coefficient (Wildman–Crippen LogP) is 3.23. The van der Waals surface area contributed by atoms with Gasteiger partial charge in [0.15, 0.2) is 6.61 Å². The van der Waals surface area contributed by atoms with Crippen LogP contribution in [0.5, 0.6) is 5.75 Å². The molecule has 1 saturated heterocycles. The fourth-order valence-corrected chi connectivity index (χ4v) is 2.20. The molecule has 1 aromatic rings. The maximum atomic E-state index is 13.4. The Balaban J connectivity index is 2.10. The van der Waals surface area contributed by atoms with Crippen LogP contribution in [-0.2, 0) is 0 Å². The van der Waals surface area contributed by atoms with Gasteiger partial charge in [-0.2, -0.15) is 13.2 Å². The van der Waals surface area contributed by atoms with Gasteiger partial charge in [0.1, 0.15) is 11.6 Å². The SMILES string of the molecule is Fc1cc(OCC(F)(F)F)cc(C2CCCNC2)c1. The molecule has 1 heterocycles. The third-order valence-corrected chi connectivity index (χ3v) is 3.06. The standard InChI is InChI=1S/C13H15F4NO/c14-11-4-10(9-2-1-3-18-7-9)5-12(6-11)19-8-13(15,16)17/h4-6,9,18H,1-3,7-8H2. The van der Waals surface area contributed by atoms with Crippen molar-refractivity contribution in [3.63, 3.8) is 0 Å². The molecule has 0 aliphatic carbocycles. The molecule has 2 rings (SSSR count). The first-order valence-electron chi connectivity index (χ1n) is 6.15. The second kappa shape index (κ2) is 5.77. The molecule has 1 atom stereocenters. The van der Waals surface area contributed by atoms with Crippen LogP contribution in [0.15, 0.2) is 18.2 Å². The maximum absolute atomic E-state index is 13.4. The van der Waals surface area contributed by atoms with E-state index in [1.807, 2.05) is 0 Å². The third kappa shape index (κ3) is 4.38. The Morgan fingerprint density at radius 1 is 1.26 bits per heavy atom. The van der Waals surface area contributed by atoms with Crippen molar-refractivity contribution < 1.29 is 22.3 Å². The van der Waals surface area contributed by atoms with Gasteiger partial charge in [0.2, 0.25) is 0 Å². The molecule has 0 amide bonds. The second-order valence-corrected chi connectivity index (χ2v) is 4.67. The topological polar surface area (TPSA) is 21.3 Å². The Morgan fingerprint density at radius 2 is 2.05 bits per heavy atom. The summed E-state index contributed by atoms with van der Waals surface area (Å²) < 4.78 is 54.2. The Labute approximate surface area is 108 Å². The van der Waals surface area contributed by atoms with E-state index in [4.69, 9.17) is 0 Å². The van der Waals surface area contributed by atoms with Crippen molar-refractivity contribution in [2.24, 2.45) is 0 Å². The molecule has 0 aromatic heterocycles. The zero-order valence-electron chi connectivity index (χ0n) is 10.3. The number of benzene rings is 1. The van der Waals surface area contributed by atoms with Gasteiger partial charge in [0.25, 0.3) is 0 Å². The summed E-state index contributed by atoms with van der Waals surface area (Å²) in [7, 11) is 0. The van der Waals surface area contributed by atoms with Gasteiger partial charge in [-0.1, -0.05) is 0 Å². The molecule has 19 heavy (non-hydrogen) atoms. The Morgan fingerprint density at radius 3 is 2.68 bits per heavy atom. The van der Waals surface area contributed by atoms with Gasteiger partial charge in [0, 0.05) is 12.6 Å². The molecule has 0 radical (unpaired) electrons. The average molecular weight is 277 g/mol. The van der Waals surface area contributed by atoms with E-state index in [1.54, 1.807) is 0 Å². The highest BCUT2D eigenvalue weighted by atomic mass is 19.4. The summed E-state index contributed by atoms with van der Waals surface area (Å²) in [4.78, 5) is 0.